The molecule has 2 rings (SSSR count). The van der Waals surface area contributed by atoms with Crippen molar-refractivity contribution in [1.29, 1.82) is 0 Å². The summed E-state index contributed by atoms with van der Waals surface area (Å²) in [6.07, 6.45) is 0.812. The molecular formula is C18H27IN4O2S2. The summed E-state index contributed by atoms with van der Waals surface area (Å²) in [5.74, 6) is 0.610. The molecule has 0 aliphatic rings. The first-order chi connectivity index (χ1) is 12.4. The third-order valence-corrected chi connectivity index (χ3v) is 6.62. The van der Waals surface area contributed by atoms with Crippen molar-refractivity contribution in [3.63, 3.8) is 0 Å². The second kappa shape index (κ2) is 11.6. The second-order valence-electron chi connectivity index (χ2n) is 5.82. The number of hydrogen-bond acceptors (Lipinski definition) is 5. The summed E-state index contributed by atoms with van der Waals surface area (Å²) < 4.78 is 24.6. The van der Waals surface area contributed by atoms with Crippen LogP contribution in [-0.2, 0) is 16.3 Å². The number of nitrogens with zero attached hydrogens (tertiary/aromatic N) is 2. The molecule has 0 fully saturated rings. The molecule has 1 aromatic heterocycles. The predicted octanol–water partition coefficient (Wildman–Crippen LogP) is 2.95. The number of aromatic nitrogens is 1. The topological polar surface area (TPSA) is 83.5 Å². The van der Waals surface area contributed by atoms with Crippen LogP contribution in [0.15, 0.2) is 40.2 Å². The molecule has 0 aliphatic carbocycles. The highest BCUT2D eigenvalue weighted by Gasteiger charge is 2.13. The number of guanidine groups is 1. The highest BCUT2D eigenvalue weighted by molar-refractivity contribution is 14.0. The van der Waals surface area contributed by atoms with Gasteiger partial charge in [0.2, 0.25) is 0 Å². The molecule has 0 amide bonds. The zero-order valence-electron chi connectivity index (χ0n) is 15.9. The first-order valence-corrected chi connectivity index (χ1v) is 11.1. The molecule has 2 aromatic rings. The Bertz CT molecular complexity index is 817. The average Bonchev–Trinajstić information content (AvgIpc) is 2.93. The number of nitrogens with one attached hydrogen (secondary N) is 2. The molecular weight excluding hydrogens is 495 g/mol. The first-order valence-electron chi connectivity index (χ1n) is 8.65. The lowest BCUT2D eigenvalue weighted by Gasteiger charge is -2.10. The average molecular weight is 522 g/mol. The Kier molecular flexibility index (Phi) is 10.2. The largest absolute Gasteiger partial charge is 0.357 e. The van der Waals surface area contributed by atoms with Crippen LogP contribution in [0, 0.1) is 13.8 Å². The van der Waals surface area contributed by atoms with E-state index in [1.165, 1.54) is 4.88 Å². The van der Waals surface area contributed by atoms with Crippen molar-refractivity contribution in [3.8, 4) is 0 Å². The van der Waals surface area contributed by atoms with Gasteiger partial charge >= 0.3 is 0 Å². The molecule has 27 heavy (non-hydrogen) atoms. The Balaban J connectivity index is 0.00000364. The maximum atomic E-state index is 12.3. The molecule has 1 aromatic carbocycles. The van der Waals surface area contributed by atoms with Gasteiger partial charge in [-0.25, -0.2) is 13.4 Å². The molecule has 2 N–H and O–H groups in total. The van der Waals surface area contributed by atoms with Crippen molar-refractivity contribution in [1.82, 2.24) is 15.6 Å². The normalized spacial score (nSPS) is 11.7. The predicted molar refractivity (Wildman–Crippen MR) is 123 cm³/mol. The fraction of sp³-hybridized carbons (Fsp3) is 0.444. The maximum absolute atomic E-state index is 12.3. The van der Waals surface area contributed by atoms with Gasteiger partial charge in [-0.2, -0.15) is 0 Å². The van der Waals surface area contributed by atoms with E-state index in [4.69, 9.17) is 0 Å². The van der Waals surface area contributed by atoms with Gasteiger partial charge in [0.25, 0.3) is 0 Å². The van der Waals surface area contributed by atoms with E-state index in [-0.39, 0.29) is 36.3 Å². The number of benzene rings is 1. The molecule has 0 radical (unpaired) electrons. The van der Waals surface area contributed by atoms with Crippen LogP contribution in [0.2, 0.25) is 0 Å². The summed E-state index contributed by atoms with van der Waals surface area (Å²) in [6, 6.07) is 8.48. The molecule has 0 atom stereocenters. The number of sulfone groups is 1. The zero-order valence-corrected chi connectivity index (χ0v) is 19.8. The number of thiazole rings is 1. The Labute approximate surface area is 182 Å². The smallest absolute Gasteiger partial charge is 0.191 e. The van der Waals surface area contributed by atoms with Crippen molar-refractivity contribution in [2.24, 2.45) is 4.99 Å². The fourth-order valence-electron chi connectivity index (χ4n) is 2.30. The quantitative estimate of drug-likeness (QED) is 0.317. The van der Waals surface area contributed by atoms with Crippen LogP contribution in [0.5, 0.6) is 0 Å². The molecule has 0 spiro atoms. The molecule has 9 heteroatoms. The lowest BCUT2D eigenvalue weighted by atomic mass is 10.4. The van der Waals surface area contributed by atoms with Crippen molar-refractivity contribution >= 4 is 51.1 Å². The van der Waals surface area contributed by atoms with Gasteiger partial charge in [-0.1, -0.05) is 18.2 Å². The van der Waals surface area contributed by atoms with E-state index in [1.54, 1.807) is 41.7 Å². The number of halogens is 1. The fourth-order valence-corrected chi connectivity index (χ4v) is 4.37. The Morgan fingerprint density at radius 3 is 2.48 bits per heavy atom. The van der Waals surface area contributed by atoms with Gasteiger partial charge < -0.3 is 10.6 Å². The van der Waals surface area contributed by atoms with Crippen molar-refractivity contribution in [2.75, 3.05) is 25.4 Å². The van der Waals surface area contributed by atoms with Crippen molar-refractivity contribution < 1.29 is 8.42 Å². The van der Waals surface area contributed by atoms with Crippen molar-refractivity contribution in [2.45, 2.75) is 32.1 Å². The van der Waals surface area contributed by atoms with E-state index in [0.29, 0.717) is 23.9 Å². The minimum absolute atomic E-state index is 0. The maximum Gasteiger partial charge on any atom is 0.191 e. The van der Waals surface area contributed by atoms with Crippen LogP contribution in [0.4, 0.5) is 0 Å². The highest BCUT2D eigenvalue weighted by atomic mass is 127. The monoisotopic (exact) mass is 522 g/mol. The third-order valence-electron chi connectivity index (χ3n) is 3.78. The summed E-state index contributed by atoms with van der Waals surface area (Å²) in [7, 11) is -3.31. The molecule has 0 unspecified atom stereocenters. The first kappa shape index (κ1) is 23.8. The highest BCUT2D eigenvalue weighted by Crippen LogP contribution is 2.16. The molecule has 0 aliphatic heterocycles. The van der Waals surface area contributed by atoms with Crippen LogP contribution in [0.25, 0.3) is 0 Å². The van der Waals surface area contributed by atoms with Gasteiger partial charge in [-0.05, 0) is 32.9 Å². The summed E-state index contributed by atoms with van der Waals surface area (Å²) in [4.78, 5) is 10.5. The summed E-state index contributed by atoms with van der Waals surface area (Å²) in [5, 5.41) is 7.47. The Hall–Kier alpha value is -1.20. The second-order valence-corrected chi connectivity index (χ2v) is 9.22. The number of aliphatic imine (C=N–C) groups is 1. The molecule has 150 valence electrons. The van der Waals surface area contributed by atoms with E-state index in [2.05, 4.69) is 27.5 Å². The van der Waals surface area contributed by atoms with Gasteiger partial charge in [0.15, 0.2) is 15.8 Å². The van der Waals surface area contributed by atoms with E-state index >= 15 is 0 Å². The van der Waals surface area contributed by atoms with Crippen molar-refractivity contribution in [3.05, 3.63) is 45.9 Å². The summed E-state index contributed by atoms with van der Waals surface area (Å²) in [6.45, 7) is 7.69. The molecule has 0 bridgehead atoms. The minimum atomic E-state index is -3.31. The summed E-state index contributed by atoms with van der Waals surface area (Å²) in [5.41, 5.74) is 1.08. The SMILES string of the molecule is CCNC(=NCCS(=O)(=O)c1ccccc1)NCCc1nc(C)c(C)s1.I. The standard InChI is InChI=1S/C18H26N4O2S2.HI/c1-4-19-18(20-11-10-17-22-14(2)15(3)25-17)21-12-13-26(23,24)16-8-6-5-7-9-16;/h5-9H,4,10-13H2,1-3H3,(H2,19,20,21);1H. The van der Waals surface area contributed by atoms with E-state index < -0.39 is 9.84 Å². The molecule has 0 saturated heterocycles. The van der Waals surface area contributed by atoms with E-state index in [0.717, 1.165) is 17.1 Å². The Morgan fingerprint density at radius 2 is 1.89 bits per heavy atom. The van der Waals surface area contributed by atoms with Crippen LogP contribution in [0.1, 0.15) is 22.5 Å². The summed E-state index contributed by atoms with van der Waals surface area (Å²) >= 11 is 1.71. The Morgan fingerprint density at radius 1 is 1.19 bits per heavy atom. The number of hydrogen-bond donors (Lipinski definition) is 2. The van der Waals surface area contributed by atoms with Gasteiger partial charge in [-0.3, -0.25) is 4.99 Å². The molecule has 0 saturated carbocycles. The van der Waals surface area contributed by atoms with E-state index in [1.807, 2.05) is 13.8 Å². The zero-order chi connectivity index (χ0) is 19.0. The van der Waals surface area contributed by atoms with Gasteiger partial charge in [0.05, 0.1) is 27.9 Å². The molecule has 6 nitrogen and oxygen atoms in total. The third kappa shape index (κ3) is 7.74. The van der Waals surface area contributed by atoms with Gasteiger partial charge in [0, 0.05) is 24.4 Å². The molecule has 1 heterocycles. The lowest BCUT2D eigenvalue weighted by molar-refractivity contribution is 0.596. The van der Waals surface area contributed by atoms with Gasteiger partial charge in [0.1, 0.15) is 0 Å². The lowest BCUT2D eigenvalue weighted by Crippen LogP contribution is -2.38. The van der Waals surface area contributed by atoms with Crippen LogP contribution >= 0.6 is 35.3 Å². The number of rotatable bonds is 8. The van der Waals surface area contributed by atoms with Crippen LogP contribution < -0.4 is 10.6 Å². The van der Waals surface area contributed by atoms with E-state index in [9.17, 15) is 8.42 Å². The number of aryl methyl sites for hydroxylation is 2. The van der Waals surface area contributed by atoms with Crippen LogP contribution in [0.3, 0.4) is 0 Å². The van der Waals surface area contributed by atoms with Crippen LogP contribution in [-0.4, -0.2) is 44.7 Å². The van der Waals surface area contributed by atoms with Gasteiger partial charge in [-0.15, -0.1) is 35.3 Å². The minimum Gasteiger partial charge on any atom is -0.357 e.